The van der Waals surface area contributed by atoms with Crippen molar-refractivity contribution in [2.24, 2.45) is 11.8 Å². The van der Waals surface area contributed by atoms with Gasteiger partial charge in [-0.15, -0.1) is 0 Å². The third kappa shape index (κ3) is 3.09. The number of hydrogen-bond acceptors (Lipinski definition) is 6. The summed E-state index contributed by atoms with van der Waals surface area (Å²) >= 11 is 6.01. The molecule has 4 aliphatic heterocycles. The number of benzene rings is 1. The third-order valence-electron chi connectivity index (χ3n) is 6.61. The van der Waals surface area contributed by atoms with E-state index in [0.29, 0.717) is 17.1 Å². The summed E-state index contributed by atoms with van der Waals surface area (Å²) in [6.07, 6.45) is 6.67. The molecule has 0 saturated carbocycles. The molecule has 168 valence electrons. The summed E-state index contributed by atoms with van der Waals surface area (Å²) in [5.41, 5.74) is -0.647. The van der Waals surface area contributed by atoms with Gasteiger partial charge in [0, 0.05) is 30.4 Å². The van der Waals surface area contributed by atoms with Crippen LogP contribution in [0.4, 0.5) is 5.69 Å². The van der Waals surface area contributed by atoms with Gasteiger partial charge in [0.05, 0.1) is 12.0 Å². The number of aliphatic hydroxyl groups excluding tert-OH is 1. The van der Waals surface area contributed by atoms with Crippen molar-refractivity contribution in [3.8, 4) is 0 Å². The van der Waals surface area contributed by atoms with E-state index < -0.39 is 35.6 Å². The Morgan fingerprint density at radius 2 is 1.91 bits per heavy atom. The molecular formula is C23H23ClN2O6. The maximum absolute atomic E-state index is 13.9. The number of anilines is 1. The Kier molecular flexibility index (Phi) is 5.31. The van der Waals surface area contributed by atoms with E-state index in [9.17, 15) is 19.5 Å². The molecule has 5 rings (SSSR count). The minimum absolute atomic E-state index is 0.125. The lowest BCUT2D eigenvalue weighted by molar-refractivity contribution is -0.152. The van der Waals surface area contributed by atoms with E-state index in [1.54, 1.807) is 47.4 Å². The van der Waals surface area contributed by atoms with Gasteiger partial charge < -0.3 is 24.4 Å². The summed E-state index contributed by atoms with van der Waals surface area (Å²) in [5, 5.41) is 9.93. The van der Waals surface area contributed by atoms with Gasteiger partial charge >= 0.3 is 5.97 Å². The standard InChI is InChI=1S/C23H23ClN2O6/c24-14-5-7-15(8-6-14)25-10-2-9-23-18(17-16(32-23)4-1-13-31-22(17)30)20(28)26(11-3-12-27)19(23)21(25)29/h1-2,4-9,16-19,27H,3,10-13H2/t16-,17+,18+,19?,23+/m1/s1. The van der Waals surface area contributed by atoms with Gasteiger partial charge in [-0.1, -0.05) is 29.8 Å². The van der Waals surface area contributed by atoms with Crippen LogP contribution in [0.25, 0.3) is 0 Å². The highest BCUT2D eigenvalue weighted by atomic mass is 35.5. The van der Waals surface area contributed by atoms with Gasteiger partial charge in [0.15, 0.2) is 0 Å². The molecule has 9 heteroatoms. The number of likely N-dealkylation sites (tertiary alicyclic amines) is 1. The zero-order valence-electron chi connectivity index (χ0n) is 17.2. The minimum atomic E-state index is -1.29. The fourth-order valence-electron chi connectivity index (χ4n) is 5.30. The lowest BCUT2D eigenvalue weighted by atomic mass is 9.78. The number of fused-ring (bicyclic) bond motifs is 2. The number of esters is 1. The zero-order chi connectivity index (χ0) is 22.5. The second-order valence-electron chi connectivity index (χ2n) is 8.34. The van der Waals surface area contributed by atoms with E-state index in [1.165, 1.54) is 4.90 Å². The summed E-state index contributed by atoms with van der Waals surface area (Å²) in [4.78, 5) is 43.3. The molecule has 1 spiro atoms. The highest BCUT2D eigenvalue weighted by molar-refractivity contribution is 6.30. The first-order valence-electron chi connectivity index (χ1n) is 10.6. The van der Waals surface area contributed by atoms with Crippen LogP contribution in [0.5, 0.6) is 0 Å². The Balaban J connectivity index is 1.60. The molecule has 2 fully saturated rings. The number of amides is 2. The fraction of sp³-hybridized carbons (Fsp3) is 0.435. The Labute approximate surface area is 190 Å². The fourth-order valence-corrected chi connectivity index (χ4v) is 5.43. The molecule has 2 saturated heterocycles. The first kappa shape index (κ1) is 21.2. The van der Waals surface area contributed by atoms with Crippen molar-refractivity contribution in [2.75, 3.05) is 31.2 Å². The van der Waals surface area contributed by atoms with E-state index in [1.807, 2.05) is 6.08 Å². The van der Waals surface area contributed by atoms with Gasteiger partial charge in [-0.25, -0.2) is 0 Å². The van der Waals surface area contributed by atoms with Crippen LogP contribution >= 0.6 is 11.6 Å². The molecule has 0 radical (unpaired) electrons. The lowest BCUT2D eigenvalue weighted by Crippen LogP contribution is -2.55. The van der Waals surface area contributed by atoms with Crippen LogP contribution in [0, 0.1) is 11.8 Å². The largest absolute Gasteiger partial charge is 0.461 e. The summed E-state index contributed by atoms with van der Waals surface area (Å²) in [6.45, 7) is 0.459. The molecule has 4 heterocycles. The van der Waals surface area contributed by atoms with Crippen molar-refractivity contribution in [3.63, 3.8) is 0 Å². The van der Waals surface area contributed by atoms with Crippen LogP contribution in [0.1, 0.15) is 6.42 Å². The maximum Gasteiger partial charge on any atom is 0.313 e. The highest BCUT2D eigenvalue weighted by Crippen LogP contribution is 2.53. The van der Waals surface area contributed by atoms with Crippen LogP contribution in [0.15, 0.2) is 48.6 Å². The molecule has 0 aliphatic carbocycles. The van der Waals surface area contributed by atoms with Crippen molar-refractivity contribution < 1.29 is 29.0 Å². The SMILES string of the molecule is O=C1OCC=C[C@H]2O[C@]34C=CCN(c5ccc(Cl)cc5)C(=O)C3N(CCCO)C(=O)[C@@H]4[C@@H]12. The average molecular weight is 459 g/mol. The van der Waals surface area contributed by atoms with Crippen molar-refractivity contribution in [3.05, 3.63) is 53.6 Å². The first-order chi connectivity index (χ1) is 15.5. The Bertz CT molecular complexity index is 1010. The van der Waals surface area contributed by atoms with E-state index in [0.717, 1.165) is 0 Å². The minimum Gasteiger partial charge on any atom is -0.461 e. The predicted octanol–water partition coefficient (Wildman–Crippen LogP) is 1.32. The smallest absolute Gasteiger partial charge is 0.313 e. The van der Waals surface area contributed by atoms with E-state index in [-0.39, 0.29) is 38.1 Å². The van der Waals surface area contributed by atoms with Crippen molar-refractivity contribution in [1.82, 2.24) is 4.90 Å². The van der Waals surface area contributed by atoms with Crippen molar-refractivity contribution >= 4 is 35.1 Å². The van der Waals surface area contributed by atoms with Crippen LogP contribution in [0.3, 0.4) is 0 Å². The maximum atomic E-state index is 13.9. The summed E-state index contributed by atoms with van der Waals surface area (Å²) in [5.74, 6) is -2.85. The van der Waals surface area contributed by atoms with E-state index in [2.05, 4.69) is 0 Å². The van der Waals surface area contributed by atoms with Crippen LogP contribution < -0.4 is 4.90 Å². The number of carbonyl (C=O) groups is 3. The molecule has 0 aromatic heterocycles. The van der Waals surface area contributed by atoms with Crippen molar-refractivity contribution in [2.45, 2.75) is 24.2 Å². The van der Waals surface area contributed by atoms with Crippen molar-refractivity contribution in [1.29, 1.82) is 0 Å². The molecule has 1 aromatic rings. The van der Waals surface area contributed by atoms with E-state index >= 15 is 0 Å². The first-order valence-corrected chi connectivity index (χ1v) is 11.0. The highest BCUT2D eigenvalue weighted by Gasteiger charge is 2.71. The van der Waals surface area contributed by atoms with Gasteiger partial charge in [0.25, 0.3) is 5.91 Å². The van der Waals surface area contributed by atoms with Crippen LogP contribution in [-0.2, 0) is 23.9 Å². The third-order valence-corrected chi connectivity index (χ3v) is 6.86. The number of nitrogens with zero attached hydrogens (tertiary/aromatic N) is 2. The molecule has 32 heavy (non-hydrogen) atoms. The number of hydrogen-bond donors (Lipinski definition) is 1. The average Bonchev–Trinajstić information content (AvgIpc) is 3.07. The van der Waals surface area contributed by atoms with E-state index in [4.69, 9.17) is 21.1 Å². The summed E-state index contributed by atoms with van der Waals surface area (Å²) in [6, 6.07) is 5.93. The molecule has 8 nitrogen and oxygen atoms in total. The summed E-state index contributed by atoms with van der Waals surface area (Å²) < 4.78 is 11.7. The number of halogens is 1. The van der Waals surface area contributed by atoms with Gasteiger partial charge in [0.2, 0.25) is 5.91 Å². The molecular weight excluding hydrogens is 436 g/mol. The normalized spacial score (nSPS) is 33.5. The van der Waals surface area contributed by atoms with Gasteiger partial charge in [-0.2, -0.15) is 0 Å². The summed E-state index contributed by atoms with van der Waals surface area (Å²) in [7, 11) is 0. The van der Waals surface area contributed by atoms with Gasteiger partial charge in [-0.05, 0) is 36.8 Å². The number of aliphatic hydroxyl groups is 1. The monoisotopic (exact) mass is 458 g/mol. The number of ether oxygens (including phenoxy) is 2. The predicted molar refractivity (Wildman–Crippen MR) is 115 cm³/mol. The molecule has 5 atom stereocenters. The molecule has 4 aliphatic rings. The molecule has 0 bridgehead atoms. The Morgan fingerprint density at radius 3 is 2.66 bits per heavy atom. The van der Waals surface area contributed by atoms with Crippen LogP contribution in [-0.4, -0.2) is 71.8 Å². The van der Waals surface area contributed by atoms with Gasteiger partial charge in [-0.3, -0.25) is 14.4 Å². The topological polar surface area (TPSA) is 96.4 Å². The number of cyclic esters (lactones) is 1. The molecule has 1 unspecified atom stereocenters. The quantitative estimate of drug-likeness (QED) is 0.540. The molecule has 1 aromatic carbocycles. The zero-order valence-corrected chi connectivity index (χ0v) is 18.0. The van der Waals surface area contributed by atoms with Gasteiger partial charge in [0.1, 0.15) is 24.2 Å². The Morgan fingerprint density at radius 1 is 1.12 bits per heavy atom. The second kappa shape index (κ2) is 8.03. The molecule has 1 N–H and O–H groups in total. The number of rotatable bonds is 4. The Hall–Kier alpha value is -2.68. The number of carbonyl (C=O) groups excluding carboxylic acids is 3. The van der Waals surface area contributed by atoms with Crippen LogP contribution in [0.2, 0.25) is 5.02 Å². The second-order valence-corrected chi connectivity index (χ2v) is 8.77. The lowest BCUT2D eigenvalue weighted by Gasteiger charge is -2.35. The molecule has 2 amide bonds.